The molecule has 1 heterocycles. The van der Waals surface area contributed by atoms with Gasteiger partial charge in [0.15, 0.2) is 0 Å². The zero-order valence-electron chi connectivity index (χ0n) is 6.33. The van der Waals surface area contributed by atoms with E-state index in [0.29, 0.717) is 12.4 Å². The average Bonchev–Trinajstić information content (AvgIpc) is 2.01. The molecule has 0 unspecified atom stereocenters. The van der Waals surface area contributed by atoms with Crippen LogP contribution in [0.2, 0.25) is 0 Å². The molecule has 1 aromatic rings. The minimum atomic E-state index is 0.345. The van der Waals surface area contributed by atoms with Crippen molar-refractivity contribution < 1.29 is 0 Å². The third kappa shape index (κ3) is 2.36. The molecule has 0 atom stereocenters. The van der Waals surface area contributed by atoms with Crippen LogP contribution in [-0.4, -0.2) is 16.5 Å². The molecule has 1 rings (SSSR count). The summed E-state index contributed by atoms with van der Waals surface area (Å²) in [5, 5.41) is 0. The van der Waals surface area contributed by atoms with Gasteiger partial charge in [-0.05, 0) is 18.9 Å². The number of hydrogen-bond donors (Lipinski definition) is 1. The van der Waals surface area contributed by atoms with Crippen LogP contribution < -0.4 is 5.73 Å². The lowest BCUT2D eigenvalue weighted by Gasteiger charge is -1.89. The van der Waals surface area contributed by atoms with E-state index in [1.807, 2.05) is 13.0 Å². The van der Waals surface area contributed by atoms with Gasteiger partial charge in [-0.1, -0.05) is 5.92 Å². The molecule has 3 nitrogen and oxygen atoms in total. The van der Waals surface area contributed by atoms with Gasteiger partial charge in [-0.3, -0.25) is 0 Å². The van der Waals surface area contributed by atoms with Crippen LogP contribution in [-0.2, 0) is 0 Å². The van der Waals surface area contributed by atoms with E-state index < -0.39 is 0 Å². The minimum absolute atomic E-state index is 0.345. The fourth-order valence-corrected chi connectivity index (χ4v) is 0.639. The van der Waals surface area contributed by atoms with E-state index in [-0.39, 0.29) is 0 Å². The zero-order valence-corrected chi connectivity index (χ0v) is 6.33. The number of hydrogen-bond acceptors (Lipinski definition) is 3. The summed E-state index contributed by atoms with van der Waals surface area (Å²) < 4.78 is 0. The highest BCUT2D eigenvalue weighted by atomic mass is 14.9. The van der Waals surface area contributed by atoms with Gasteiger partial charge in [-0.25, -0.2) is 9.97 Å². The van der Waals surface area contributed by atoms with E-state index in [1.165, 1.54) is 0 Å². The highest BCUT2D eigenvalue weighted by Gasteiger charge is 1.88. The van der Waals surface area contributed by atoms with Gasteiger partial charge in [0.05, 0.1) is 6.54 Å². The molecule has 3 heteroatoms. The Morgan fingerprint density at radius 1 is 1.64 bits per heavy atom. The van der Waals surface area contributed by atoms with E-state index in [2.05, 4.69) is 21.8 Å². The van der Waals surface area contributed by atoms with Crippen molar-refractivity contribution >= 4 is 0 Å². The Balaban J connectivity index is 2.87. The molecule has 0 aliphatic carbocycles. The van der Waals surface area contributed by atoms with Gasteiger partial charge in [-0.15, -0.1) is 0 Å². The largest absolute Gasteiger partial charge is 0.320 e. The topological polar surface area (TPSA) is 51.8 Å². The molecule has 0 saturated heterocycles. The molecule has 2 N–H and O–H groups in total. The van der Waals surface area contributed by atoms with Crippen LogP contribution in [0.4, 0.5) is 0 Å². The van der Waals surface area contributed by atoms with Crippen molar-refractivity contribution in [3.05, 3.63) is 23.8 Å². The Labute approximate surface area is 65.7 Å². The molecule has 0 aliphatic heterocycles. The van der Waals surface area contributed by atoms with Gasteiger partial charge < -0.3 is 5.73 Å². The van der Waals surface area contributed by atoms with Crippen LogP contribution in [0.25, 0.3) is 0 Å². The smallest absolute Gasteiger partial charge is 0.205 e. The summed E-state index contributed by atoms with van der Waals surface area (Å²) in [7, 11) is 0. The molecule has 0 aliphatic rings. The van der Waals surface area contributed by atoms with Gasteiger partial charge in [-0.2, -0.15) is 0 Å². The lowest BCUT2D eigenvalue weighted by Crippen LogP contribution is -1.95. The number of aryl methyl sites for hydroxylation is 1. The zero-order chi connectivity index (χ0) is 8.10. The maximum Gasteiger partial charge on any atom is 0.205 e. The standard InChI is InChI=1S/C8H9N3/c1-7-4-6-10-8(11-7)3-2-5-9/h4,6H,5,9H2,1H3. The van der Waals surface area contributed by atoms with Crippen LogP contribution in [0.3, 0.4) is 0 Å². The molecule has 11 heavy (non-hydrogen) atoms. The van der Waals surface area contributed by atoms with Crippen molar-refractivity contribution in [1.82, 2.24) is 9.97 Å². The summed E-state index contributed by atoms with van der Waals surface area (Å²) in [5.74, 6) is 5.97. The van der Waals surface area contributed by atoms with Crippen molar-refractivity contribution in [2.45, 2.75) is 6.92 Å². The van der Waals surface area contributed by atoms with Gasteiger partial charge >= 0.3 is 0 Å². The van der Waals surface area contributed by atoms with Crippen molar-refractivity contribution in [3.8, 4) is 11.8 Å². The molecule has 0 saturated carbocycles. The van der Waals surface area contributed by atoms with Crippen LogP contribution in [0.15, 0.2) is 12.3 Å². The first-order valence-corrected chi connectivity index (χ1v) is 3.31. The lowest BCUT2D eigenvalue weighted by atomic mass is 10.4. The lowest BCUT2D eigenvalue weighted by molar-refractivity contribution is 1.07. The number of nitrogens with two attached hydrogens (primary N) is 1. The Hall–Kier alpha value is -1.40. The summed E-state index contributed by atoms with van der Waals surface area (Å²) in [4.78, 5) is 8.01. The monoisotopic (exact) mass is 147 g/mol. The number of aromatic nitrogens is 2. The van der Waals surface area contributed by atoms with Gasteiger partial charge in [0, 0.05) is 11.9 Å². The first kappa shape index (κ1) is 7.70. The van der Waals surface area contributed by atoms with Crippen LogP contribution in [0, 0.1) is 18.8 Å². The summed E-state index contributed by atoms with van der Waals surface area (Å²) in [6.07, 6.45) is 1.68. The van der Waals surface area contributed by atoms with Crippen molar-refractivity contribution in [3.63, 3.8) is 0 Å². The Bertz CT molecular complexity index is 296. The fourth-order valence-electron chi connectivity index (χ4n) is 0.639. The maximum atomic E-state index is 5.19. The number of rotatable bonds is 0. The molecule has 0 radical (unpaired) electrons. The average molecular weight is 147 g/mol. The second kappa shape index (κ2) is 3.69. The van der Waals surface area contributed by atoms with E-state index in [1.54, 1.807) is 6.20 Å². The summed E-state index contributed by atoms with van der Waals surface area (Å²) in [6.45, 7) is 2.24. The fraction of sp³-hybridized carbons (Fsp3) is 0.250. The van der Waals surface area contributed by atoms with Crippen molar-refractivity contribution in [1.29, 1.82) is 0 Å². The normalized spacial score (nSPS) is 8.55. The van der Waals surface area contributed by atoms with Gasteiger partial charge in [0.25, 0.3) is 0 Å². The summed E-state index contributed by atoms with van der Waals surface area (Å²) in [6, 6.07) is 1.83. The van der Waals surface area contributed by atoms with Crippen LogP contribution >= 0.6 is 0 Å². The summed E-state index contributed by atoms with van der Waals surface area (Å²) >= 11 is 0. The SMILES string of the molecule is Cc1ccnc(C#CCN)n1. The molecule has 0 spiro atoms. The van der Waals surface area contributed by atoms with E-state index in [9.17, 15) is 0 Å². The van der Waals surface area contributed by atoms with E-state index in [4.69, 9.17) is 5.73 Å². The molecule has 1 aromatic heterocycles. The minimum Gasteiger partial charge on any atom is -0.320 e. The Kier molecular flexibility index (Phi) is 2.59. The molecular formula is C8H9N3. The molecule has 0 amide bonds. The van der Waals surface area contributed by atoms with E-state index >= 15 is 0 Å². The van der Waals surface area contributed by atoms with Gasteiger partial charge in [0.2, 0.25) is 5.82 Å². The predicted octanol–water partition coefficient (Wildman–Crippen LogP) is 0.0952. The first-order chi connectivity index (χ1) is 5.33. The quantitative estimate of drug-likeness (QED) is 0.529. The number of nitrogens with zero attached hydrogens (tertiary/aromatic N) is 2. The van der Waals surface area contributed by atoms with E-state index in [0.717, 1.165) is 5.69 Å². The van der Waals surface area contributed by atoms with Crippen molar-refractivity contribution in [2.24, 2.45) is 5.73 Å². The molecular weight excluding hydrogens is 138 g/mol. The Morgan fingerprint density at radius 3 is 3.09 bits per heavy atom. The molecule has 0 fully saturated rings. The predicted molar refractivity (Wildman–Crippen MR) is 42.7 cm³/mol. The molecule has 0 aromatic carbocycles. The maximum absolute atomic E-state index is 5.19. The van der Waals surface area contributed by atoms with Crippen molar-refractivity contribution in [2.75, 3.05) is 6.54 Å². The highest BCUT2D eigenvalue weighted by Crippen LogP contribution is 1.90. The van der Waals surface area contributed by atoms with Crippen LogP contribution in [0.1, 0.15) is 11.5 Å². The molecule has 56 valence electrons. The summed E-state index contributed by atoms with van der Waals surface area (Å²) in [5.41, 5.74) is 6.10. The Morgan fingerprint density at radius 2 is 2.45 bits per heavy atom. The first-order valence-electron chi connectivity index (χ1n) is 3.31. The second-order valence-electron chi connectivity index (χ2n) is 2.03. The van der Waals surface area contributed by atoms with Gasteiger partial charge in [0.1, 0.15) is 0 Å². The second-order valence-corrected chi connectivity index (χ2v) is 2.03. The molecule has 0 bridgehead atoms. The highest BCUT2D eigenvalue weighted by molar-refractivity contribution is 5.21. The third-order valence-corrected chi connectivity index (χ3v) is 1.10. The van der Waals surface area contributed by atoms with Crippen LogP contribution in [0.5, 0.6) is 0 Å². The third-order valence-electron chi connectivity index (χ3n) is 1.10.